The Kier molecular flexibility index (Phi) is 8.26. The maximum atomic E-state index is 13.0. The second-order valence-electron chi connectivity index (χ2n) is 9.75. The molecule has 4 rings (SSSR count). The molecule has 0 bridgehead atoms. The molecule has 0 radical (unpaired) electrons. The Morgan fingerprint density at radius 3 is 2.13 bits per heavy atom. The third-order valence-electron chi connectivity index (χ3n) is 6.67. The number of nitrogens with one attached hydrogen (secondary N) is 1. The fourth-order valence-corrected chi connectivity index (χ4v) is 4.65. The Hall–Kier alpha value is -4.39. The fourth-order valence-electron chi connectivity index (χ4n) is 4.65. The number of nitrogens with zero attached hydrogens (tertiary/aromatic N) is 1. The van der Waals surface area contributed by atoms with Gasteiger partial charge in [0.25, 0.3) is 0 Å². The number of carbonyl (C=O) groups is 3. The van der Waals surface area contributed by atoms with E-state index < -0.39 is 24.7 Å². The number of benzene rings is 3. The van der Waals surface area contributed by atoms with Crippen LogP contribution < -0.4 is 10.2 Å². The van der Waals surface area contributed by atoms with Crippen LogP contribution in [0.5, 0.6) is 0 Å². The lowest BCUT2D eigenvalue weighted by Gasteiger charge is -2.24. The topological polar surface area (TPSA) is 84.9 Å². The van der Waals surface area contributed by atoms with Crippen molar-refractivity contribution in [2.75, 3.05) is 18.6 Å². The van der Waals surface area contributed by atoms with Crippen LogP contribution in [0.25, 0.3) is 0 Å². The van der Waals surface area contributed by atoms with Crippen LogP contribution in [0, 0.1) is 0 Å². The van der Waals surface area contributed by atoms with Gasteiger partial charge in [-0.1, -0.05) is 92.7 Å². The predicted molar refractivity (Wildman–Crippen MR) is 146 cm³/mol. The molecule has 0 spiro atoms. The Bertz CT molecular complexity index is 1320. The fraction of sp³-hybridized carbons (Fsp3) is 0.258. The second-order valence-corrected chi connectivity index (χ2v) is 9.75. The van der Waals surface area contributed by atoms with E-state index in [4.69, 9.17) is 9.47 Å². The quantitative estimate of drug-likeness (QED) is 0.323. The van der Waals surface area contributed by atoms with E-state index in [2.05, 4.69) is 19.2 Å². The van der Waals surface area contributed by atoms with Gasteiger partial charge in [-0.3, -0.25) is 4.79 Å². The van der Waals surface area contributed by atoms with Crippen LogP contribution in [0.2, 0.25) is 0 Å². The largest absolute Gasteiger partial charge is 0.456 e. The molecule has 7 nitrogen and oxygen atoms in total. The van der Waals surface area contributed by atoms with Gasteiger partial charge in [-0.15, -0.1) is 0 Å². The number of rotatable bonds is 9. The summed E-state index contributed by atoms with van der Waals surface area (Å²) < 4.78 is 10.7. The summed E-state index contributed by atoms with van der Waals surface area (Å²) in [6.45, 7) is 3.74. The van der Waals surface area contributed by atoms with Crippen LogP contribution in [-0.4, -0.2) is 37.5 Å². The summed E-state index contributed by atoms with van der Waals surface area (Å²) in [6.07, 6.45) is 0.980. The van der Waals surface area contributed by atoms with E-state index in [1.165, 1.54) is 6.08 Å². The van der Waals surface area contributed by atoms with Crippen LogP contribution in [0.1, 0.15) is 30.5 Å². The highest BCUT2D eigenvalue weighted by molar-refractivity contribution is 5.95. The first-order valence-electron chi connectivity index (χ1n) is 12.5. The summed E-state index contributed by atoms with van der Waals surface area (Å²) in [5.74, 6) is -1.05. The van der Waals surface area contributed by atoms with Crippen LogP contribution in [0.4, 0.5) is 10.5 Å². The number of allylic oxidation sites excluding steroid dienone is 1. The van der Waals surface area contributed by atoms with Gasteiger partial charge in [-0.25, -0.2) is 9.59 Å². The van der Waals surface area contributed by atoms with Crippen molar-refractivity contribution in [3.63, 3.8) is 0 Å². The van der Waals surface area contributed by atoms with E-state index in [9.17, 15) is 14.4 Å². The molecule has 1 amide bonds. The number of fused-ring (bicyclic) bond motifs is 1. The first-order valence-corrected chi connectivity index (χ1v) is 12.5. The number of anilines is 1. The molecule has 1 atom stereocenters. The number of likely N-dealkylation sites (N-methyl/N-ethyl adjacent to an activating group) is 1. The molecule has 3 aromatic rings. The third-order valence-corrected chi connectivity index (χ3v) is 6.67. The van der Waals surface area contributed by atoms with Gasteiger partial charge in [0.1, 0.15) is 12.6 Å². The molecule has 0 aromatic heterocycles. The molecule has 196 valence electrons. The lowest BCUT2D eigenvalue weighted by molar-refractivity contribution is -0.149. The SMILES string of the molecule is CN1/C(=C\C(=O)COC(=O)[C@H](Cc2ccccc2)NC(=O)OCc2ccccc2)C(C)(C)c2ccccc21. The number of esters is 1. The summed E-state index contributed by atoms with van der Waals surface area (Å²) >= 11 is 0. The molecule has 0 saturated carbocycles. The van der Waals surface area contributed by atoms with Crippen molar-refractivity contribution >= 4 is 23.5 Å². The smallest absolute Gasteiger partial charge is 0.408 e. The summed E-state index contributed by atoms with van der Waals surface area (Å²) in [5, 5.41) is 2.59. The molecule has 0 unspecified atom stereocenters. The summed E-state index contributed by atoms with van der Waals surface area (Å²) in [4.78, 5) is 40.3. The van der Waals surface area contributed by atoms with E-state index in [1.54, 1.807) is 0 Å². The average molecular weight is 513 g/mol. The number of ketones is 1. The summed E-state index contributed by atoms with van der Waals surface area (Å²) in [7, 11) is 1.92. The van der Waals surface area contributed by atoms with E-state index in [0.717, 1.165) is 28.1 Å². The van der Waals surface area contributed by atoms with E-state index >= 15 is 0 Å². The van der Waals surface area contributed by atoms with Crippen molar-refractivity contribution in [1.82, 2.24) is 5.32 Å². The van der Waals surface area contributed by atoms with Crippen LogP contribution >= 0.6 is 0 Å². The Morgan fingerprint density at radius 2 is 1.47 bits per heavy atom. The number of hydrogen-bond donors (Lipinski definition) is 1. The summed E-state index contributed by atoms with van der Waals surface area (Å²) in [6, 6.07) is 25.5. The standard InChI is InChI=1S/C31H32N2O5/c1-31(2)25-16-10-11-17-27(25)33(3)28(31)19-24(34)21-37-29(35)26(18-22-12-6-4-7-13-22)32-30(36)38-20-23-14-8-5-9-15-23/h4-17,19,26H,18,20-21H2,1-3H3,(H,32,36)/b28-19-/t26-/m0/s1. The highest BCUT2D eigenvalue weighted by Gasteiger charge is 2.38. The predicted octanol–water partition coefficient (Wildman–Crippen LogP) is 4.95. The second kappa shape index (κ2) is 11.8. The lowest BCUT2D eigenvalue weighted by Crippen LogP contribution is -2.44. The van der Waals surface area contributed by atoms with Crippen molar-refractivity contribution in [3.8, 4) is 0 Å². The minimum absolute atomic E-state index is 0.0670. The molecule has 0 fully saturated rings. The maximum absolute atomic E-state index is 13.0. The van der Waals surface area contributed by atoms with Gasteiger partial charge in [-0.05, 0) is 22.8 Å². The Labute approximate surface area is 223 Å². The number of ether oxygens (including phenoxy) is 2. The molecule has 38 heavy (non-hydrogen) atoms. The highest BCUT2D eigenvalue weighted by atomic mass is 16.6. The van der Waals surface area contributed by atoms with Crippen molar-refractivity contribution in [2.45, 2.75) is 38.3 Å². The van der Waals surface area contributed by atoms with Crippen LogP contribution in [0.15, 0.2) is 96.7 Å². The monoisotopic (exact) mass is 512 g/mol. The lowest BCUT2D eigenvalue weighted by atomic mass is 9.83. The number of hydrogen-bond acceptors (Lipinski definition) is 6. The third kappa shape index (κ3) is 6.29. The normalized spacial score (nSPS) is 15.4. The molecule has 1 aliphatic heterocycles. The number of amides is 1. The van der Waals surface area contributed by atoms with E-state index in [1.807, 2.05) is 96.9 Å². The van der Waals surface area contributed by atoms with Crippen molar-refractivity contribution in [1.29, 1.82) is 0 Å². The zero-order valence-electron chi connectivity index (χ0n) is 21.8. The zero-order chi connectivity index (χ0) is 27.1. The number of carbonyl (C=O) groups excluding carboxylic acids is 3. The van der Waals surface area contributed by atoms with Gasteiger partial charge in [0.15, 0.2) is 12.4 Å². The Balaban J connectivity index is 1.40. The van der Waals surface area contributed by atoms with Gasteiger partial charge in [0, 0.05) is 36.3 Å². The molecule has 1 heterocycles. The highest BCUT2D eigenvalue weighted by Crippen LogP contribution is 2.46. The molecule has 0 aliphatic carbocycles. The van der Waals surface area contributed by atoms with Gasteiger partial charge in [0.2, 0.25) is 0 Å². The van der Waals surface area contributed by atoms with E-state index in [-0.39, 0.29) is 24.2 Å². The van der Waals surface area contributed by atoms with Gasteiger partial charge < -0.3 is 19.7 Å². The van der Waals surface area contributed by atoms with Crippen LogP contribution in [-0.2, 0) is 37.5 Å². The van der Waals surface area contributed by atoms with Crippen molar-refractivity contribution in [3.05, 3.63) is 113 Å². The molecule has 7 heteroatoms. The minimum Gasteiger partial charge on any atom is -0.456 e. The van der Waals surface area contributed by atoms with Crippen molar-refractivity contribution in [2.24, 2.45) is 0 Å². The van der Waals surface area contributed by atoms with Crippen molar-refractivity contribution < 1.29 is 23.9 Å². The maximum Gasteiger partial charge on any atom is 0.408 e. The molecule has 1 aliphatic rings. The first kappa shape index (κ1) is 26.7. The van der Waals surface area contributed by atoms with Gasteiger partial charge in [-0.2, -0.15) is 0 Å². The van der Waals surface area contributed by atoms with Gasteiger partial charge >= 0.3 is 12.1 Å². The van der Waals surface area contributed by atoms with E-state index in [0.29, 0.717) is 0 Å². The van der Waals surface area contributed by atoms with Gasteiger partial charge in [0.05, 0.1) is 0 Å². The number of alkyl carbamates (subject to hydrolysis) is 1. The summed E-state index contributed by atoms with van der Waals surface area (Å²) in [5.41, 5.74) is 4.27. The van der Waals surface area contributed by atoms with Crippen LogP contribution in [0.3, 0.4) is 0 Å². The Morgan fingerprint density at radius 1 is 0.868 bits per heavy atom. The minimum atomic E-state index is -1.02. The first-order chi connectivity index (χ1) is 18.3. The molecular formula is C31H32N2O5. The molecule has 1 N–H and O–H groups in total. The molecular weight excluding hydrogens is 480 g/mol. The number of para-hydroxylation sites is 1. The average Bonchev–Trinajstić information content (AvgIpc) is 3.12. The molecule has 3 aromatic carbocycles. The molecule has 0 saturated heterocycles. The zero-order valence-corrected chi connectivity index (χ0v) is 21.8.